The van der Waals surface area contributed by atoms with E-state index in [1.54, 1.807) is 48.5 Å². The number of fused-ring (bicyclic) bond motifs is 1. The molecule has 4 rings (SSSR count). The van der Waals surface area contributed by atoms with Gasteiger partial charge in [0.05, 0.1) is 11.1 Å². The van der Waals surface area contributed by atoms with Crippen molar-refractivity contribution in [1.29, 1.82) is 0 Å². The Morgan fingerprint density at radius 2 is 1.17 bits per heavy atom. The minimum absolute atomic E-state index is 0.107. The van der Waals surface area contributed by atoms with E-state index in [-0.39, 0.29) is 5.04 Å². The highest BCUT2D eigenvalue weighted by Gasteiger charge is 2.64. The second kappa shape index (κ2) is 9.74. The lowest BCUT2D eigenvalue weighted by atomic mass is 10.2. The van der Waals surface area contributed by atoms with E-state index in [0.29, 0.717) is 11.1 Å². The van der Waals surface area contributed by atoms with Crippen LogP contribution in [-0.4, -0.2) is 56.6 Å². The van der Waals surface area contributed by atoms with Crippen LogP contribution in [-0.2, 0) is 23.4 Å². The molecule has 0 bridgehead atoms. The van der Waals surface area contributed by atoms with E-state index in [1.807, 2.05) is 26.0 Å². The van der Waals surface area contributed by atoms with Crippen molar-refractivity contribution in [2.24, 2.45) is 0 Å². The maximum Gasteiger partial charge on any atom is 0.338 e. The van der Waals surface area contributed by atoms with Gasteiger partial charge in [0.2, 0.25) is 0 Å². The average molecular weight is 513 g/mol. The van der Waals surface area contributed by atoms with Crippen molar-refractivity contribution >= 4 is 20.3 Å². The molecule has 0 unspecified atom stereocenters. The summed E-state index contributed by atoms with van der Waals surface area (Å²) in [6, 6.07) is 17.5. The fourth-order valence-corrected chi connectivity index (χ4v) is 5.64. The van der Waals surface area contributed by atoms with Crippen LogP contribution in [0.15, 0.2) is 60.7 Å². The fraction of sp³-hybridized carbons (Fsp3) is 0.500. The van der Waals surface area contributed by atoms with E-state index >= 15 is 0 Å². The Labute approximate surface area is 214 Å². The van der Waals surface area contributed by atoms with E-state index in [9.17, 15) is 9.59 Å². The molecule has 0 N–H and O–H groups in total. The SMILES string of the molecule is CC1(C)O[C@H]2[C@@H](OC(=O)c3ccccc3)[C@H](OC(=O)c3ccccc3)[C@@H](O[Si](C)(C)C(C)(C)C)[C@H]2O1. The first-order valence-corrected chi connectivity index (χ1v) is 15.3. The highest BCUT2D eigenvalue weighted by atomic mass is 28.4. The summed E-state index contributed by atoms with van der Waals surface area (Å²) in [5.41, 5.74) is 0.796. The molecule has 5 atom stereocenters. The largest absolute Gasteiger partial charge is 0.452 e. The minimum atomic E-state index is -2.35. The number of hydrogen-bond donors (Lipinski definition) is 0. The first-order valence-electron chi connectivity index (χ1n) is 12.3. The number of carbonyl (C=O) groups excluding carboxylic acids is 2. The molecule has 0 radical (unpaired) electrons. The molecule has 194 valence electrons. The van der Waals surface area contributed by atoms with Crippen LogP contribution in [0.1, 0.15) is 55.3 Å². The van der Waals surface area contributed by atoms with Gasteiger partial charge in [-0.05, 0) is 56.2 Å². The number of esters is 2. The summed E-state index contributed by atoms with van der Waals surface area (Å²) >= 11 is 0. The molecule has 1 aliphatic carbocycles. The number of carbonyl (C=O) groups is 2. The van der Waals surface area contributed by atoms with E-state index < -0.39 is 56.6 Å². The van der Waals surface area contributed by atoms with Gasteiger partial charge in [0.15, 0.2) is 26.3 Å². The molecular weight excluding hydrogens is 476 g/mol. The van der Waals surface area contributed by atoms with Crippen LogP contribution in [0.2, 0.25) is 18.1 Å². The molecule has 2 aliphatic rings. The van der Waals surface area contributed by atoms with E-state index in [2.05, 4.69) is 33.9 Å². The molecule has 1 heterocycles. The molecule has 2 aromatic carbocycles. The molecule has 8 heteroatoms. The average Bonchev–Trinajstić information content (AvgIpc) is 3.25. The van der Waals surface area contributed by atoms with Crippen LogP contribution in [0.4, 0.5) is 0 Å². The van der Waals surface area contributed by atoms with Gasteiger partial charge in [-0.1, -0.05) is 57.2 Å². The van der Waals surface area contributed by atoms with E-state index in [4.69, 9.17) is 23.4 Å². The Morgan fingerprint density at radius 1 is 0.750 bits per heavy atom. The lowest BCUT2D eigenvalue weighted by Gasteiger charge is -2.41. The standard InChI is InChI=1S/C28H36O7Si/c1-27(2,3)36(6,7)35-24-21(32-26(30)19-16-12-9-13-17-19)20(22-23(24)34-28(4,5)33-22)31-25(29)18-14-10-8-11-15-18/h8-17,20-24H,1-7H3/t20-,21-,22-,23-,24+/m0/s1. The van der Waals surface area contributed by atoms with Crippen LogP contribution >= 0.6 is 0 Å². The lowest BCUT2D eigenvalue weighted by molar-refractivity contribution is -0.188. The summed E-state index contributed by atoms with van der Waals surface area (Å²) in [4.78, 5) is 26.3. The summed E-state index contributed by atoms with van der Waals surface area (Å²) in [5.74, 6) is -1.96. The summed E-state index contributed by atoms with van der Waals surface area (Å²) < 4.78 is 31.3. The van der Waals surface area contributed by atoms with Gasteiger partial charge in [-0.25, -0.2) is 9.59 Å². The zero-order chi connectivity index (χ0) is 26.3. The number of rotatable bonds is 6. The van der Waals surface area contributed by atoms with Gasteiger partial charge in [0.25, 0.3) is 0 Å². The molecule has 36 heavy (non-hydrogen) atoms. The van der Waals surface area contributed by atoms with Crippen LogP contribution in [0.25, 0.3) is 0 Å². The Bertz CT molecular complexity index is 1080. The maximum atomic E-state index is 13.2. The number of benzene rings is 2. The monoisotopic (exact) mass is 512 g/mol. The summed E-state index contributed by atoms with van der Waals surface area (Å²) in [6.45, 7) is 14.3. The van der Waals surface area contributed by atoms with Gasteiger partial charge < -0.3 is 23.4 Å². The third-order valence-electron chi connectivity index (χ3n) is 7.20. The van der Waals surface area contributed by atoms with Crippen molar-refractivity contribution in [3.63, 3.8) is 0 Å². The Balaban J connectivity index is 1.71. The molecule has 2 aromatic rings. The molecule has 1 saturated carbocycles. The van der Waals surface area contributed by atoms with Gasteiger partial charge in [-0.15, -0.1) is 0 Å². The zero-order valence-corrected chi connectivity index (χ0v) is 23.0. The normalized spacial score (nSPS) is 27.4. The predicted octanol–water partition coefficient (Wildman–Crippen LogP) is 5.36. The molecule has 7 nitrogen and oxygen atoms in total. The smallest absolute Gasteiger partial charge is 0.338 e. The van der Waals surface area contributed by atoms with Crippen molar-refractivity contribution in [2.45, 2.75) is 89.1 Å². The second-order valence-corrected chi connectivity index (χ2v) is 16.1. The van der Waals surface area contributed by atoms with Crippen molar-refractivity contribution in [1.82, 2.24) is 0 Å². The Hall–Kier alpha value is -2.52. The highest BCUT2D eigenvalue weighted by Crippen LogP contribution is 2.46. The molecule has 1 saturated heterocycles. The number of hydrogen-bond acceptors (Lipinski definition) is 7. The molecule has 0 amide bonds. The molecule has 0 spiro atoms. The topological polar surface area (TPSA) is 80.3 Å². The van der Waals surface area contributed by atoms with E-state index in [0.717, 1.165) is 0 Å². The van der Waals surface area contributed by atoms with Crippen LogP contribution in [0.3, 0.4) is 0 Å². The third kappa shape index (κ3) is 5.42. The first-order chi connectivity index (χ1) is 16.8. The summed E-state index contributed by atoms with van der Waals surface area (Å²) in [6.07, 6.45) is -3.72. The lowest BCUT2D eigenvalue weighted by Crippen LogP contribution is -2.51. The highest BCUT2D eigenvalue weighted by molar-refractivity contribution is 6.74. The van der Waals surface area contributed by atoms with Gasteiger partial charge in [-0.3, -0.25) is 0 Å². The van der Waals surface area contributed by atoms with Gasteiger partial charge in [0.1, 0.15) is 18.3 Å². The van der Waals surface area contributed by atoms with Gasteiger partial charge in [-0.2, -0.15) is 0 Å². The van der Waals surface area contributed by atoms with Crippen molar-refractivity contribution in [3.05, 3.63) is 71.8 Å². The Morgan fingerprint density at radius 3 is 1.61 bits per heavy atom. The molecular formula is C28H36O7Si. The second-order valence-electron chi connectivity index (χ2n) is 11.4. The Kier molecular flexibility index (Phi) is 7.18. The van der Waals surface area contributed by atoms with Crippen molar-refractivity contribution < 1.29 is 33.0 Å². The van der Waals surface area contributed by atoms with Crippen molar-refractivity contribution in [2.75, 3.05) is 0 Å². The first kappa shape index (κ1) is 26.5. The minimum Gasteiger partial charge on any atom is -0.452 e. The molecule has 0 aromatic heterocycles. The van der Waals surface area contributed by atoms with Crippen LogP contribution in [0, 0.1) is 0 Å². The van der Waals surface area contributed by atoms with Crippen molar-refractivity contribution in [3.8, 4) is 0 Å². The van der Waals surface area contributed by atoms with Crippen LogP contribution < -0.4 is 0 Å². The maximum absolute atomic E-state index is 13.2. The quantitative estimate of drug-likeness (QED) is 0.381. The zero-order valence-electron chi connectivity index (χ0n) is 22.0. The molecule has 1 aliphatic heterocycles. The third-order valence-corrected chi connectivity index (χ3v) is 11.7. The van der Waals surface area contributed by atoms with Crippen LogP contribution in [0.5, 0.6) is 0 Å². The van der Waals surface area contributed by atoms with E-state index in [1.165, 1.54) is 0 Å². The fourth-order valence-electron chi connectivity index (χ4n) is 4.34. The van der Waals surface area contributed by atoms with Gasteiger partial charge in [0, 0.05) is 0 Å². The number of ether oxygens (including phenoxy) is 4. The van der Waals surface area contributed by atoms with Gasteiger partial charge >= 0.3 is 11.9 Å². The summed E-state index contributed by atoms with van der Waals surface area (Å²) in [5, 5.41) is -0.107. The summed E-state index contributed by atoms with van der Waals surface area (Å²) in [7, 11) is -2.35. The molecule has 2 fully saturated rings. The predicted molar refractivity (Wildman–Crippen MR) is 137 cm³/mol.